The van der Waals surface area contributed by atoms with Gasteiger partial charge in [-0.25, -0.2) is 0 Å². The Bertz CT molecular complexity index is 936. The van der Waals surface area contributed by atoms with Gasteiger partial charge in [-0.3, -0.25) is 9.97 Å². The van der Waals surface area contributed by atoms with E-state index in [1.54, 1.807) is 0 Å². The summed E-state index contributed by atoms with van der Waals surface area (Å²) in [7, 11) is 1.59. The predicted molar refractivity (Wildman–Crippen MR) is 125 cm³/mol. The maximum absolute atomic E-state index is 4.53. The van der Waals surface area contributed by atoms with Gasteiger partial charge in [0.2, 0.25) is 0 Å². The highest BCUT2D eigenvalue weighted by Crippen LogP contribution is 2.26. The molecule has 0 aliphatic heterocycles. The molecule has 0 N–H and O–H groups in total. The molecule has 4 rings (SSSR count). The van der Waals surface area contributed by atoms with Crippen molar-refractivity contribution >= 4 is 27.8 Å². The minimum absolute atomic E-state index is 0.795. The average Bonchev–Trinajstić information content (AvgIpc) is 2.78. The van der Waals surface area contributed by atoms with Crippen LogP contribution in [0.4, 0.5) is 0 Å². The number of pyridine rings is 2. The van der Waals surface area contributed by atoms with Gasteiger partial charge in [-0.2, -0.15) is 0 Å². The van der Waals surface area contributed by atoms with Gasteiger partial charge in [-0.15, -0.1) is 0 Å². The lowest BCUT2D eigenvalue weighted by Crippen LogP contribution is -2.05. The van der Waals surface area contributed by atoms with Crippen molar-refractivity contribution in [1.82, 2.24) is 9.97 Å². The highest BCUT2D eigenvalue weighted by Gasteiger charge is 2.07. The zero-order valence-electron chi connectivity index (χ0n) is 15.5. The first kappa shape index (κ1) is 18.9. The largest absolute Gasteiger partial charge is 0.256 e. The molecule has 0 radical (unpaired) electrons. The summed E-state index contributed by atoms with van der Waals surface area (Å²) in [6.07, 6.45) is 6.12. The van der Waals surface area contributed by atoms with E-state index in [1.807, 2.05) is 24.5 Å². The quantitative estimate of drug-likeness (QED) is 0.318. The van der Waals surface area contributed by atoms with E-state index in [0.29, 0.717) is 0 Å². The lowest BCUT2D eigenvalue weighted by Gasteiger charge is -2.11. The molecule has 138 valence electrons. The summed E-state index contributed by atoms with van der Waals surface area (Å²) in [6, 6.07) is 29.5. The van der Waals surface area contributed by atoms with Crippen LogP contribution in [0.25, 0.3) is 22.5 Å². The van der Waals surface area contributed by atoms with Crippen molar-refractivity contribution in [2.45, 2.75) is 0 Å². The fourth-order valence-corrected chi connectivity index (χ4v) is 5.93. The van der Waals surface area contributed by atoms with Crippen molar-refractivity contribution < 1.29 is 0 Å². The van der Waals surface area contributed by atoms with Crippen molar-refractivity contribution in [3.05, 3.63) is 97.3 Å². The molecule has 4 aromatic rings. The van der Waals surface area contributed by atoms with Crippen molar-refractivity contribution in [1.29, 1.82) is 0 Å². The third kappa shape index (κ3) is 4.71. The molecule has 4 heteroatoms. The molecule has 2 unspecified atom stereocenters. The molecule has 0 fully saturated rings. The van der Waals surface area contributed by atoms with E-state index in [0.717, 1.165) is 28.5 Å². The summed E-state index contributed by atoms with van der Waals surface area (Å²) in [5, 5.41) is 2.81. The molecule has 0 aliphatic carbocycles. The summed E-state index contributed by atoms with van der Waals surface area (Å²) in [5.74, 6) is 0. The minimum atomic E-state index is 0.795. The number of nitrogens with zero attached hydrogens (tertiary/aromatic N) is 2. The fraction of sp³-hybridized carbons (Fsp3) is 0.0833. The van der Waals surface area contributed by atoms with Gasteiger partial charge in [-0.05, 0) is 47.2 Å². The zero-order chi connectivity index (χ0) is 19.0. The molecular weight excluding hydrogens is 378 g/mol. The Morgan fingerprint density at radius 2 is 0.929 bits per heavy atom. The van der Waals surface area contributed by atoms with Crippen LogP contribution in [0.15, 0.2) is 97.3 Å². The summed E-state index contributed by atoms with van der Waals surface area (Å²) < 4.78 is 0. The molecule has 0 saturated carbocycles. The van der Waals surface area contributed by atoms with E-state index in [2.05, 4.69) is 82.8 Å². The molecule has 0 bridgehead atoms. The van der Waals surface area contributed by atoms with Gasteiger partial charge in [0.15, 0.2) is 0 Å². The molecule has 2 heterocycles. The lowest BCUT2D eigenvalue weighted by molar-refractivity contribution is 1.33. The molecule has 2 aromatic heterocycles. The van der Waals surface area contributed by atoms with E-state index in [4.69, 9.17) is 0 Å². The summed E-state index contributed by atoms with van der Waals surface area (Å²) in [6.45, 7) is 0. The number of hydrogen-bond acceptors (Lipinski definition) is 2. The van der Waals surface area contributed by atoms with Gasteiger partial charge in [0.25, 0.3) is 0 Å². The second-order valence-electron chi connectivity index (χ2n) is 6.37. The normalized spacial score (nSPS) is 11.6. The lowest BCUT2D eigenvalue weighted by atomic mass is 10.1. The van der Waals surface area contributed by atoms with Gasteiger partial charge < -0.3 is 0 Å². The Morgan fingerprint density at radius 3 is 1.36 bits per heavy atom. The first-order valence-electron chi connectivity index (χ1n) is 9.40. The van der Waals surface area contributed by atoms with Crippen LogP contribution in [0.1, 0.15) is 0 Å². The van der Waals surface area contributed by atoms with Crippen LogP contribution >= 0.6 is 17.2 Å². The standard InChI is InChI=1S/C24H22N2P2/c1-3-13-23(19(9-1)21-11-5-7-15-25-21)27-17-18-28-24-14-4-2-10-20(24)22-12-6-8-16-26-22/h1-16,27-28H,17-18H2. The third-order valence-corrected chi connectivity index (χ3v) is 7.63. The third-order valence-electron chi connectivity index (χ3n) is 4.49. The van der Waals surface area contributed by atoms with Crippen LogP contribution in [-0.4, -0.2) is 22.3 Å². The molecular formula is C24H22N2P2. The molecule has 0 saturated heterocycles. The fourth-order valence-electron chi connectivity index (χ4n) is 3.16. The van der Waals surface area contributed by atoms with Crippen LogP contribution < -0.4 is 10.6 Å². The summed E-state index contributed by atoms with van der Waals surface area (Å²) in [5.41, 5.74) is 4.65. The second-order valence-corrected chi connectivity index (χ2v) is 9.16. The second kappa shape index (κ2) is 9.69. The van der Waals surface area contributed by atoms with Gasteiger partial charge in [-0.1, -0.05) is 77.8 Å². The SMILES string of the molecule is c1ccc(-c2ccccc2PCCPc2ccccc2-c2ccccn2)nc1. The minimum Gasteiger partial charge on any atom is -0.256 e. The molecule has 2 nitrogen and oxygen atoms in total. The Morgan fingerprint density at radius 1 is 0.500 bits per heavy atom. The van der Waals surface area contributed by atoms with Gasteiger partial charge in [0.1, 0.15) is 0 Å². The van der Waals surface area contributed by atoms with Crippen LogP contribution in [0.3, 0.4) is 0 Å². The van der Waals surface area contributed by atoms with Crippen LogP contribution in [0.5, 0.6) is 0 Å². The maximum atomic E-state index is 4.53. The number of rotatable bonds is 7. The number of hydrogen-bond donors (Lipinski definition) is 0. The van der Waals surface area contributed by atoms with Crippen LogP contribution in [0, 0.1) is 0 Å². The van der Waals surface area contributed by atoms with Crippen LogP contribution in [0.2, 0.25) is 0 Å². The summed E-state index contributed by atoms with van der Waals surface area (Å²) >= 11 is 0. The van der Waals surface area contributed by atoms with Gasteiger partial charge in [0.05, 0.1) is 11.4 Å². The highest BCUT2D eigenvalue weighted by molar-refractivity contribution is 7.51. The zero-order valence-corrected chi connectivity index (χ0v) is 17.5. The predicted octanol–water partition coefficient (Wildman–Crippen LogP) is 5.12. The Balaban J connectivity index is 1.42. The first-order valence-corrected chi connectivity index (χ1v) is 11.8. The van der Waals surface area contributed by atoms with E-state index in [9.17, 15) is 0 Å². The average molecular weight is 400 g/mol. The molecule has 0 aliphatic rings. The monoisotopic (exact) mass is 400 g/mol. The topological polar surface area (TPSA) is 25.8 Å². The Hall–Kier alpha value is -2.40. The Labute approximate surface area is 170 Å². The number of benzene rings is 2. The van der Waals surface area contributed by atoms with Crippen molar-refractivity contribution in [3.63, 3.8) is 0 Å². The van der Waals surface area contributed by atoms with Crippen molar-refractivity contribution in [2.75, 3.05) is 12.3 Å². The Kier molecular flexibility index (Phi) is 6.56. The van der Waals surface area contributed by atoms with E-state index < -0.39 is 0 Å². The van der Waals surface area contributed by atoms with E-state index >= 15 is 0 Å². The van der Waals surface area contributed by atoms with Gasteiger partial charge in [0, 0.05) is 23.5 Å². The molecule has 2 atom stereocenters. The molecule has 0 amide bonds. The molecule has 2 aromatic carbocycles. The molecule has 28 heavy (non-hydrogen) atoms. The highest BCUT2D eigenvalue weighted by atomic mass is 31.1. The van der Waals surface area contributed by atoms with Crippen LogP contribution in [-0.2, 0) is 0 Å². The van der Waals surface area contributed by atoms with Crippen molar-refractivity contribution in [2.24, 2.45) is 0 Å². The maximum Gasteiger partial charge on any atom is 0.0708 e. The first-order chi connectivity index (χ1) is 13.9. The van der Waals surface area contributed by atoms with Gasteiger partial charge >= 0.3 is 0 Å². The number of aromatic nitrogens is 2. The smallest absolute Gasteiger partial charge is 0.0708 e. The summed E-state index contributed by atoms with van der Waals surface area (Å²) in [4.78, 5) is 9.06. The van der Waals surface area contributed by atoms with E-state index in [-0.39, 0.29) is 0 Å². The van der Waals surface area contributed by atoms with E-state index in [1.165, 1.54) is 34.1 Å². The molecule has 0 spiro atoms. The van der Waals surface area contributed by atoms with Crippen molar-refractivity contribution in [3.8, 4) is 22.5 Å².